The Kier molecular flexibility index (Phi) is 6.58. The molecule has 2 N–H and O–H groups in total. The number of carbonyl (C=O) groups excluding carboxylic acids is 1. The van der Waals surface area contributed by atoms with Crippen molar-refractivity contribution in [1.29, 1.82) is 0 Å². The Bertz CT molecular complexity index is 764. The van der Waals surface area contributed by atoms with Crippen molar-refractivity contribution in [2.45, 2.75) is 37.3 Å². The number of piperidine rings is 1. The maximum atomic E-state index is 12.5. The van der Waals surface area contributed by atoms with Crippen LogP contribution in [0.1, 0.15) is 30.9 Å². The molecule has 0 saturated carbocycles. The van der Waals surface area contributed by atoms with Crippen LogP contribution in [0.25, 0.3) is 0 Å². The summed E-state index contributed by atoms with van der Waals surface area (Å²) < 4.78 is 12.4. The third kappa shape index (κ3) is 5.51. The van der Waals surface area contributed by atoms with Crippen molar-refractivity contribution in [2.75, 3.05) is 11.9 Å². The fourth-order valence-electron chi connectivity index (χ4n) is 3.35. The first-order valence-electron chi connectivity index (χ1n) is 9.12. The van der Waals surface area contributed by atoms with Crippen LogP contribution in [0.3, 0.4) is 0 Å². The van der Waals surface area contributed by atoms with Crippen molar-refractivity contribution in [2.24, 2.45) is 5.92 Å². The monoisotopic (exact) mass is 370 g/mol. The molecule has 1 aliphatic heterocycles. The van der Waals surface area contributed by atoms with Gasteiger partial charge in [-0.05, 0) is 49.6 Å². The zero-order valence-electron chi connectivity index (χ0n) is 15.1. The van der Waals surface area contributed by atoms with Crippen molar-refractivity contribution in [1.82, 2.24) is 5.32 Å². The van der Waals surface area contributed by atoms with Gasteiger partial charge in [0.15, 0.2) is 0 Å². The summed E-state index contributed by atoms with van der Waals surface area (Å²) in [7, 11) is -0.973. The number of amides is 1. The average molecular weight is 371 g/mol. The fourth-order valence-corrected chi connectivity index (χ4v) is 4.57. The van der Waals surface area contributed by atoms with E-state index in [1.165, 1.54) is 0 Å². The van der Waals surface area contributed by atoms with E-state index in [2.05, 4.69) is 17.6 Å². The molecule has 1 saturated heterocycles. The number of hydrogen-bond acceptors (Lipinski definition) is 3. The molecule has 1 aliphatic rings. The predicted molar refractivity (Wildman–Crippen MR) is 107 cm³/mol. The van der Waals surface area contributed by atoms with Crippen LogP contribution in [-0.2, 0) is 27.1 Å². The van der Waals surface area contributed by atoms with Crippen LogP contribution in [0, 0.1) is 5.92 Å². The second-order valence-electron chi connectivity index (χ2n) is 6.98. The maximum absolute atomic E-state index is 12.5. The van der Waals surface area contributed by atoms with Crippen LogP contribution in [0.2, 0.25) is 0 Å². The molecular weight excluding hydrogens is 344 g/mol. The van der Waals surface area contributed by atoms with E-state index in [1.54, 1.807) is 0 Å². The summed E-state index contributed by atoms with van der Waals surface area (Å²) in [5.74, 6) is 1.18. The maximum Gasteiger partial charge on any atom is 0.227 e. The van der Waals surface area contributed by atoms with Gasteiger partial charge in [-0.1, -0.05) is 42.5 Å². The number of rotatable bonds is 6. The van der Waals surface area contributed by atoms with E-state index in [-0.39, 0.29) is 11.8 Å². The number of benzene rings is 2. The number of hydrogen-bond donors (Lipinski definition) is 2. The number of carbonyl (C=O) groups is 1. The molecule has 0 aliphatic carbocycles. The van der Waals surface area contributed by atoms with Crippen molar-refractivity contribution in [3.05, 3.63) is 65.7 Å². The van der Waals surface area contributed by atoms with Gasteiger partial charge in [-0.25, -0.2) is 0 Å². The van der Waals surface area contributed by atoms with Gasteiger partial charge in [-0.15, -0.1) is 0 Å². The first kappa shape index (κ1) is 18.8. The zero-order chi connectivity index (χ0) is 18.4. The summed E-state index contributed by atoms with van der Waals surface area (Å²) in [6.07, 6.45) is 1.74. The lowest BCUT2D eigenvalue weighted by Crippen LogP contribution is -2.40. The average Bonchev–Trinajstić information content (AvgIpc) is 2.62. The van der Waals surface area contributed by atoms with E-state index in [4.69, 9.17) is 0 Å². The highest BCUT2D eigenvalue weighted by Gasteiger charge is 2.24. The molecule has 3 atom stereocenters. The standard InChI is InChI=1S/C21H26N2O2S/c1-16-12-19(10-11-22-16)21(24)23-20-9-5-8-18(13-20)15-26(25)14-17-6-3-2-4-7-17/h2-9,13,16,19,22H,10-12,14-15H2,1H3,(H,23,24)/t16-,19-,26?/m0/s1. The smallest absolute Gasteiger partial charge is 0.227 e. The molecule has 1 fully saturated rings. The van der Waals surface area contributed by atoms with Crippen LogP contribution >= 0.6 is 0 Å². The normalized spacial score (nSPS) is 21.1. The van der Waals surface area contributed by atoms with Crippen molar-refractivity contribution in [3.8, 4) is 0 Å². The molecule has 0 radical (unpaired) electrons. The highest BCUT2D eigenvalue weighted by atomic mass is 32.2. The zero-order valence-corrected chi connectivity index (χ0v) is 15.9. The highest BCUT2D eigenvalue weighted by molar-refractivity contribution is 7.83. The van der Waals surface area contributed by atoms with Gasteiger partial charge in [0.2, 0.25) is 5.91 Å². The first-order chi connectivity index (χ1) is 12.6. The molecule has 0 spiro atoms. The van der Waals surface area contributed by atoms with Gasteiger partial charge in [0, 0.05) is 40.0 Å². The molecule has 1 heterocycles. The minimum absolute atomic E-state index is 0.0575. The van der Waals surface area contributed by atoms with Gasteiger partial charge >= 0.3 is 0 Å². The molecule has 26 heavy (non-hydrogen) atoms. The third-order valence-electron chi connectivity index (χ3n) is 4.69. The van der Waals surface area contributed by atoms with Crippen molar-refractivity contribution >= 4 is 22.4 Å². The minimum Gasteiger partial charge on any atom is -0.326 e. The molecule has 0 bridgehead atoms. The van der Waals surface area contributed by atoms with Gasteiger partial charge < -0.3 is 10.6 Å². The quantitative estimate of drug-likeness (QED) is 0.819. The lowest BCUT2D eigenvalue weighted by Gasteiger charge is -2.27. The minimum atomic E-state index is -0.973. The predicted octanol–water partition coefficient (Wildman–Crippen LogP) is 3.46. The molecule has 3 rings (SSSR count). The van der Waals surface area contributed by atoms with Gasteiger partial charge in [0.1, 0.15) is 0 Å². The Hall–Kier alpha value is -1.98. The van der Waals surface area contributed by atoms with Crippen LogP contribution < -0.4 is 10.6 Å². The second-order valence-corrected chi connectivity index (χ2v) is 8.44. The van der Waals surface area contributed by atoms with Gasteiger partial charge in [-0.3, -0.25) is 9.00 Å². The molecule has 1 unspecified atom stereocenters. The van der Waals surface area contributed by atoms with Gasteiger partial charge in [0.05, 0.1) is 0 Å². The van der Waals surface area contributed by atoms with E-state index >= 15 is 0 Å². The SMILES string of the molecule is C[C@H]1C[C@@H](C(=O)Nc2cccc(CS(=O)Cc3ccccc3)c2)CCN1. The van der Waals surface area contributed by atoms with Crippen LogP contribution in [0.4, 0.5) is 5.69 Å². The van der Waals surface area contributed by atoms with E-state index in [0.29, 0.717) is 17.5 Å². The molecule has 0 aromatic heterocycles. The molecule has 5 heteroatoms. The Morgan fingerprint density at radius 3 is 2.62 bits per heavy atom. The van der Waals surface area contributed by atoms with Crippen LogP contribution in [-0.4, -0.2) is 22.7 Å². The van der Waals surface area contributed by atoms with E-state index in [1.807, 2.05) is 54.6 Å². The topological polar surface area (TPSA) is 58.2 Å². The first-order valence-corrected chi connectivity index (χ1v) is 10.6. The Morgan fingerprint density at radius 2 is 1.85 bits per heavy atom. The summed E-state index contributed by atoms with van der Waals surface area (Å²) >= 11 is 0. The number of anilines is 1. The fraction of sp³-hybridized carbons (Fsp3) is 0.381. The second kappa shape index (κ2) is 9.10. The summed E-state index contributed by atoms with van der Waals surface area (Å²) in [6.45, 7) is 3.00. The molecule has 138 valence electrons. The van der Waals surface area contributed by atoms with Crippen molar-refractivity contribution in [3.63, 3.8) is 0 Å². The molecule has 2 aromatic carbocycles. The van der Waals surface area contributed by atoms with E-state index in [9.17, 15) is 9.00 Å². The van der Waals surface area contributed by atoms with Crippen LogP contribution in [0.5, 0.6) is 0 Å². The third-order valence-corrected chi connectivity index (χ3v) is 6.00. The molecule has 2 aromatic rings. The van der Waals surface area contributed by atoms with Crippen LogP contribution in [0.15, 0.2) is 54.6 Å². The van der Waals surface area contributed by atoms with E-state index in [0.717, 1.165) is 36.2 Å². The molecule has 1 amide bonds. The lowest BCUT2D eigenvalue weighted by atomic mass is 9.92. The summed E-state index contributed by atoms with van der Waals surface area (Å²) in [5, 5.41) is 6.40. The largest absolute Gasteiger partial charge is 0.326 e. The summed E-state index contributed by atoms with van der Waals surface area (Å²) in [6, 6.07) is 18.0. The lowest BCUT2D eigenvalue weighted by molar-refractivity contribution is -0.120. The summed E-state index contributed by atoms with van der Waals surface area (Å²) in [4.78, 5) is 12.5. The summed E-state index contributed by atoms with van der Waals surface area (Å²) in [5.41, 5.74) is 2.85. The Balaban J connectivity index is 1.57. The number of nitrogens with one attached hydrogen (secondary N) is 2. The van der Waals surface area contributed by atoms with Gasteiger partial charge in [-0.2, -0.15) is 0 Å². The van der Waals surface area contributed by atoms with Gasteiger partial charge in [0.25, 0.3) is 0 Å². The Morgan fingerprint density at radius 1 is 1.12 bits per heavy atom. The Labute approximate surface area is 157 Å². The highest BCUT2D eigenvalue weighted by Crippen LogP contribution is 2.20. The molecular formula is C21H26N2O2S. The van der Waals surface area contributed by atoms with Crippen molar-refractivity contribution < 1.29 is 9.00 Å². The molecule has 4 nitrogen and oxygen atoms in total. The van der Waals surface area contributed by atoms with E-state index < -0.39 is 10.8 Å².